The van der Waals surface area contributed by atoms with E-state index < -0.39 is 11.9 Å². The minimum atomic E-state index is -4.44. The van der Waals surface area contributed by atoms with Crippen LogP contribution in [0.25, 0.3) is 5.82 Å². The lowest BCUT2D eigenvalue weighted by molar-refractivity contribution is -0.141. The molecule has 0 fully saturated rings. The first kappa shape index (κ1) is 12.1. The molecule has 2 aromatic rings. The van der Waals surface area contributed by atoms with Crippen molar-refractivity contribution in [2.45, 2.75) is 13.1 Å². The second-order valence-electron chi connectivity index (χ2n) is 3.47. The van der Waals surface area contributed by atoms with Gasteiger partial charge >= 0.3 is 6.18 Å². The Kier molecular flexibility index (Phi) is 2.94. The zero-order chi connectivity index (χ0) is 12.6. The second kappa shape index (κ2) is 4.14. The number of alkyl halides is 3. The minimum Gasteiger partial charge on any atom is -0.222 e. The lowest BCUT2D eigenvalue weighted by Gasteiger charge is -2.04. The molecular formula is C10H7BrF3N3. The van der Waals surface area contributed by atoms with E-state index in [9.17, 15) is 13.2 Å². The number of halogens is 4. The van der Waals surface area contributed by atoms with Crippen LogP contribution < -0.4 is 0 Å². The number of hydrogen-bond donors (Lipinski definition) is 0. The summed E-state index contributed by atoms with van der Waals surface area (Å²) in [6, 6.07) is 4.33. The minimum absolute atomic E-state index is 0.340. The Labute approximate surface area is 103 Å². The normalized spacial score (nSPS) is 11.8. The molecule has 0 aromatic carbocycles. The Bertz CT molecular complexity index is 528. The molecule has 0 amide bonds. The predicted molar refractivity (Wildman–Crippen MR) is 58.8 cm³/mol. The third kappa shape index (κ3) is 2.66. The maximum absolute atomic E-state index is 12.4. The largest absolute Gasteiger partial charge is 0.435 e. The van der Waals surface area contributed by atoms with E-state index in [1.165, 1.54) is 6.20 Å². The van der Waals surface area contributed by atoms with Gasteiger partial charge in [0.1, 0.15) is 4.60 Å². The highest BCUT2D eigenvalue weighted by atomic mass is 79.9. The Balaban J connectivity index is 2.44. The number of rotatable bonds is 1. The van der Waals surface area contributed by atoms with Crippen LogP contribution in [0.3, 0.4) is 0 Å². The summed E-state index contributed by atoms with van der Waals surface area (Å²) >= 11 is 3.18. The highest BCUT2D eigenvalue weighted by molar-refractivity contribution is 9.10. The molecule has 7 heteroatoms. The molecule has 17 heavy (non-hydrogen) atoms. The van der Waals surface area contributed by atoms with Gasteiger partial charge in [0, 0.05) is 6.20 Å². The molecule has 2 aromatic heterocycles. The zero-order valence-corrected chi connectivity index (χ0v) is 10.2. The molecule has 0 aliphatic heterocycles. The standard InChI is InChI=1S/C10H7BrF3N3/c1-6-4-8(11)15-9(5-6)17-3-2-7(16-17)10(12,13)14/h2-5H,1H3. The fourth-order valence-electron chi connectivity index (χ4n) is 1.33. The summed E-state index contributed by atoms with van der Waals surface area (Å²) in [6.07, 6.45) is -3.21. The molecule has 90 valence electrons. The van der Waals surface area contributed by atoms with E-state index in [1.54, 1.807) is 12.1 Å². The Morgan fingerprint density at radius 3 is 2.53 bits per heavy atom. The highest BCUT2D eigenvalue weighted by Crippen LogP contribution is 2.27. The van der Waals surface area contributed by atoms with E-state index in [0.717, 1.165) is 16.3 Å². The molecule has 0 radical (unpaired) electrons. The van der Waals surface area contributed by atoms with E-state index in [2.05, 4.69) is 26.0 Å². The number of hydrogen-bond acceptors (Lipinski definition) is 2. The first-order chi connectivity index (χ1) is 7.86. The average Bonchev–Trinajstić information content (AvgIpc) is 2.63. The van der Waals surface area contributed by atoms with E-state index in [0.29, 0.717) is 10.4 Å². The highest BCUT2D eigenvalue weighted by Gasteiger charge is 2.33. The van der Waals surface area contributed by atoms with Crippen LogP contribution in [0.15, 0.2) is 29.0 Å². The van der Waals surface area contributed by atoms with E-state index in [4.69, 9.17) is 0 Å². The van der Waals surface area contributed by atoms with Crippen LogP contribution in [0, 0.1) is 6.92 Å². The van der Waals surface area contributed by atoms with Crippen molar-refractivity contribution >= 4 is 15.9 Å². The Morgan fingerprint density at radius 2 is 2.00 bits per heavy atom. The molecule has 0 aliphatic carbocycles. The van der Waals surface area contributed by atoms with Crippen molar-refractivity contribution in [2.75, 3.05) is 0 Å². The average molecular weight is 306 g/mol. The summed E-state index contributed by atoms with van der Waals surface area (Å²) in [4.78, 5) is 4.05. The van der Waals surface area contributed by atoms with Gasteiger partial charge in [0.25, 0.3) is 0 Å². The van der Waals surface area contributed by atoms with Crippen LogP contribution in [0.4, 0.5) is 13.2 Å². The van der Waals surface area contributed by atoms with Gasteiger partial charge in [-0.05, 0) is 46.6 Å². The van der Waals surface area contributed by atoms with Crippen molar-refractivity contribution in [2.24, 2.45) is 0 Å². The molecule has 0 unspecified atom stereocenters. The van der Waals surface area contributed by atoms with Crippen LogP contribution in [0.5, 0.6) is 0 Å². The first-order valence-electron chi connectivity index (χ1n) is 4.64. The topological polar surface area (TPSA) is 30.7 Å². The van der Waals surface area contributed by atoms with Gasteiger partial charge in [0.05, 0.1) is 0 Å². The molecule has 0 saturated carbocycles. The molecule has 0 N–H and O–H groups in total. The van der Waals surface area contributed by atoms with Gasteiger partial charge in [0.15, 0.2) is 11.5 Å². The quantitative estimate of drug-likeness (QED) is 0.756. The fraction of sp³-hybridized carbons (Fsp3) is 0.200. The molecule has 0 bridgehead atoms. The van der Waals surface area contributed by atoms with E-state index >= 15 is 0 Å². The number of aryl methyl sites for hydroxylation is 1. The SMILES string of the molecule is Cc1cc(Br)nc(-n2ccc(C(F)(F)F)n2)c1. The lowest BCUT2D eigenvalue weighted by Crippen LogP contribution is -2.08. The summed E-state index contributed by atoms with van der Waals surface area (Å²) in [5.74, 6) is 0.340. The van der Waals surface area contributed by atoms with Gasteiger partial charge in [-0.25, -0.2) is 9.67 Å². The predicted octanol–water partition coefficient (Wildman–Crippen LogP) is 3.36. The van der Waals surface area contributed by atoms with E-state index in [-0.39, 0.29) is 0 Å². The molecule has 2 heterocycles. The maximum Gasteiger partial charge on any atom is 0.435 e. The fourth-order valence-corrected chi connectivity index (χ4v) is 1.87. The molecule has 0 saturated heterocycles. The third-order valence-corrected chi connectivity index (χ3v) is 2.45. The van der Waals surface area contributed by atoms with Gasteiger partial charge in [-0.2, -0.15) is 18.3 Å². The van der Waals surface area contributed by atoms with Crippen LogP contribution in [0.1, 0.15) is 11.3 Å². The Hall–Kier alpha value is -1.37. The van der Waals surface area contributed by atoms with Crippen molar-refractivity contribution in [3.8, 4) is 5.82 Å². The summed E-state index contributed by atoms with van der Waals surface area (Å²) in [6.45, 7) is 1.82. The summed E-state index contributed by atoms with van der Waals surface area (Å²) in [5.41, 5.74) is -0.0529. The Morgan fingerprint density at radius 1 is 1.29 bits per heavy atom. The molecular weight excluding hydrogens is 299 g/mol. The van der Waals surface area contributed by atoms with Gasteiger partial charge in [-0.15, -0.1) is 0 Å². The summed E-state index contributed by atoms with van der Waals surface area (Å²) in [7, 11) is 0. The van der Waals surface area contributed by atoms with Crippen LogP contribution >= 0.6 is 15.9 Å². The molecule has 0 atom stereocenters. The van der Waals surface area contributed by atoms with Gasteiger partial charge in [0.2, 0.25) is 0 Å². The molecule has 0 spiro atoms. The van der Waals surface area contributed by atoms with Crippen molar-refractivity contribution < 1.29 is 13.2 Å². The third-order valence-electron chi connectivity index (χ3n) is 2.04. The van der Waals surface area contributed by atoms with Crippen molar-refractivity contribution in [1.82, 2.24) is 14.8 Å². The second-order valence-corrected chi connectivity index (χ2v) is 4.28. The van der Waals surface area contributed by atoms with Crippen LogP contribution in [-0.2, 0) is 6.18 Å². The number of nitrogens with zero attached hydrogens (tertiary/aromatic N) is 3. The van der Waals surface area contributed by atoms with E-state index in [1.807, 2.05) is 6.92 Å². The van der Waals surface area contributed by atoms with Crippen LogP contribution in [-0.4, -0.2) is 14.8 Å². The lowest BCUT2D eigenvalue weighted by atomic mass is 10.3. The maximum atomic E-state index is 12.4. The van der Waals surface area contributed by atoms with Crippen LogP contribution in [0.2, 0.25) is 0 Å². The number of pyridine rings is 1. The van der Waals surface area contributed by atoms with Gasteiger partial charge < -0.3 is 0 Å². The summed E-state index contributed by atoms with van der Waals surface area (Å²) in [5, 5.41) is 3.44. The van der Waals surface area contributed by atoms with Crippen molar-refractivity contribution in [1.29, 1.82) is 0 Å². The number of aromatic nitrogens is 3. The molecule has 0 aliphatic rings. The molecule has 2 rings (SSSR count). The molecule has 3 nitrogen and oxygen atoms in total. The summed E-state index contributed by atoms with van der Waals surface area (Å²) < 4.78 is 38.8. The van der Waals surface area contributed by atoms with Crippen molar-refractivity contribution in [3.63, 3.8) is 0 Å². The van der Waals surface area contributed by atoms with Gasteiger partial charge in [-0.3, -0.25) is 0 Å². The smallest absolute Gasteiger partial charge is 0.222 e. The van der Waals surface area contributed by atoms with Gasteiger partial charge in [-0.1, -0.05) is 0 Å². The zero-order valence-electron chi connectivity index (χ0n) is 8.66. The van der Waals surface area contributed by atoms with Crippen molar-refractivity contribution in [3.05, 3.63) is 40.3 Å². The first-order valence-corrected chi connectivity index (χ1v) is 5.43. The monoisotopic (exact) mass is 305 g/mol.